The van der Waals surface area contributed by atoms with Crippen LogP contribution >= 0.6 is 7.82 Å². The summed E-state index contributed by atoms with van der Waals surface area (Å²) in [4.78, 5) is 23.1. The van der Waals surface area contributed by atoms with Crippen molar-refractivity contribution in [2.75, 3.05) is 19.8 Å². The van der Waals surface area contributed by atoms with Crippen LogP contribution in [0.1, 0.15) is 206 Å². The van der Waals surface area contributed by atoms with E-state index in [-0.39, 0.29) is 13.0 Å². The summed E-state index contributed by atoms with van der Waals surface area (Å²) in [5.41, 5.74) is 0. The van der Waals surface area contributed by atoms with E-state index in [9.17, 15) is 39.8 Å². The van der Waals surface area contributed by atoms with Crippen LogP contribution < -0.4 is 0 Å². The van der Waals surface area contributed by atoms with Gasteiger partial charge in [-0.2, -0.15) is 0 Å². The van der Waals surface area contributed by atoms with Crippen molar-refractivity contribution in [1.29, 1.82) is 0 Å². The van der Waals surface area contributed by atoms with Gasteiger partial charge in [-0.05, 0) is 12.8 Å². The topological polar surface area (TPSA) is 192 Å². The van der Waals surface area contributed by atoms with Gasteiger partial charge in [0.05, 0.1) is 13.2 Å². The number of phosphoric ester groups is 1. The van der Waals surface area contributed by atoms with E-state index in [0.29, 0.717) is 13.0 Å². The maximum absolute atomic E-state index is 12.8. The first-order valence-corrected chi connectivity index (χ1v) is 24.4. The summed E-state index contributed by atoms with van der Waals surface area (Å²) in [6.45, 7) is 4.28. The maximum atomic E-state index is 12.8. The van der Waals surface area contributed by atoms with E-state index < -0.39 is 63.1 Å². The molecule has 1 aliphatic rings. The first kappa shape index (κ1) is 53.4. The Labute approximate surface area is 340 Å². The Balaban J connectivity index is 2.37. The largest absolute Gasteiger partial charge is 0.472 e. The molecular weight excluding hydrogens is 739 g/mol. The fraction of sp³-hybridized carbons (Fsp3) is 0.977. The number of carbonyl (C=O) groups excluding carboxylic acids is 1. The lowest BCUT2D eigenvalue weighted by molar-refractivity contribution is -0.220. The molecule has 0 radical (unpaired) electrons. The molecule has 1 rings (SSSR count). The van der Waals surface area contributed by atoms with Crippen molar-refractivity contribution >= 4 is 13.8 Å². The molecule has 1 aliphatic carbocycles. The number of ether oxygens (including phenoxy) is 2. The van der Waals surface area contributed by atoms with Crippen LogP contribution in [0.4, 0.5) is 0 Å². The summed E-state index contributed by atoms with van der Waals surface area (Å²) in [6.07, 6.45) is 23.1. The monoisotopic (exact) mass is 825 g/mol. The van der Waals surface area contributed by atoms with E-state index >= 15 is 0 Å². The van der Waals surface area contributed by atoms with Gasteiger partial charge in [-0.3, -0.25) is 13.8 Å². The molecule has 0 amide bonds. The maximum Gasteiger partial charge on any atom is 0.472 e. The number of aliphatic hydroxyl groups is 5. The molecule has 12 nitrogen and oxygen atoms in total. The number of unbranched alkanes of at least 4 members (excludes halogenated alkanes) is 27. The molecule has 0 heterocycles. The quantitative estimate of drug-likeness (QED) is 0.0196. The van der Waals surface area contributed by atoms with Crippen molar-refractivity contribution in [3.63, 3.8) is 0 Å². The molecule has 0 aromatic rings. The van der Waals surface area contributed by atoms with Crippen molar-refractivity contribution in [1.82, 2.24) is 0 Å². The molecule has 6 N–H and O–H groups in total. The Morgan fingerprint density at radius 3 is 1.23 bits per heavy atom. The Kier molecular flexibility index (Phi) is 33.5. The number of hydrogen-bond acceptors (Lipinski definition) is 11. The number of carbonyl (C=O) groups is 1. The lowest BCUT2D eigenvalue weighted by atomic mass is 9.85. The second-order valence-corrected chi connectivity index (χ2v) is 17.7. The Hall–Kier alpha value is -0.660. The smallest absolute Gasteiger partial charge is 0.457 e. The van der Waals surface area contributed by atoms with Crippen LogP contribution in [0, 0.1) is 0 Å². The van der Waals surface area contributed by atoms with E-state index in [2.05, 4.69) is 13.8 Å². The molecule has 13 heteroatoms. The van der Waals surface area contributed by atoms with Crippen molar-refractivity contribution in [2.45, 2.75) is 249 Å². The highest BCUT2D eigenvalue weighted by molar-refractivity contribution is 7.47. The summed E-state index contributed by atoms with van der Waals surface area (Å²) >= 11 is 0. The lowest BCUT2D eigenvalue weighted by Gasteiger charge is -2.41. The third-order valence-electron chi connectivity index (χ3n) is 11.0. The number of rotatable bonds is 39. The molecule has 0 bridgehead atoms. The van der Waals surface area contributed by atoms with Crippen molar-refractivity contribution in [3.8, 4) is 0 Å². The van der Waals surface area contributed by atoms with Gasteiger partial charge in [-0.15, -0.1) is 0 Å². The average Bonchev–Trinajstić information content (AvgIpc) is 3.18. The normalized spacial score (nSPS) is 22.9. The minimum absolute atomic E-state index is 0.0683. The van der Waals surface area contributed by atoms with Gasteiger partial charge in [0.25, 0.3) is 0 Å². The molecular formula is C43H85O12P. The van der Waals surface area contributed by atoms with Crippen LogP contribution in [0.2, 0.25) is 0 Å². The molecule has 6 unspecified atom stereocenters. The predicted molar refractivity (Wildman–Crippen MR) is 221 cm³/mol. The van der Waals surface area contributed by atoms with Gasteiger partial charge in [0.15, 0.2) is 0 Å². The molecule has 1 fully saturated rings. The Morgan fingerprint density at radius 2 is 0.839 bits per heavy atom. The Morgan fingerprint density at radius 1 is 0.500 bits per heavy atom. The van der Waals surface area contributed by atoms with E-state index in [4.69, 9.17) is 18.5 Å². The van der Waals surface area contributed by atoms with Gasteiger partial charge >= 0.3 is 13.8 Å². The molecule has 1 saturated carbocycles. The summed E-state index contributed by atoms with van der Waals surface area (Å²) in [5.74, 6) is -0.472. The molecule has 0 aromatic carbocycles. The summed E-state index contributed by atoms with van der Waals surface area (Å²) in [5, 5.41) is 50.1. The lowest BCUT2D eigenvalue weighted by Crippen LogP contribution is -2.64. The SMILES string of the molecule is CCCCCCCCCCCCCCCCCCCC(=O)OC(COCCCCCCCCCCCCCC)COP(=O)(O)OC1C(O)C(O)C(O)C(O)C1O. The first-order valence-electron chi connectivity index (χ1n) is 22.9. The molecule has 0 spiro atoms. The summed E-state index contributed by atoms with van der Waals surface area (Å²) in [6, 6.07) is 0. The summed E-state index contributed by atoms with van der Waals surface area (Å²) < 4.78 is 34.1. The predicted octanol–water partition coefficient (Wildman–Crippen LogP) is 8.98. The van der Waals surface area contributed by atoms with Crippen LogP contribution in [-0.4, -0.2) is 98.9 Å². The van der Waals surface area contributed by atoms with Gasteiger partial charge in [0, 0.05) is 13.0 Å². The second kappa shape index (κ2) is 35.1. The average molecular weight is 825 g/mol. The molecule has 6 atom stereocenters. The van der Waals surface area contributed by atoms with E-state index in [0.717, 1.165) is 38.5 Å². The standard InChI is InChI=1S/C43H85O12P/c1-3-5-7-9-11-13-15-17-18-19-20-21-22-24-26-28-30-32-37(44)54-36(34-52-33-31-29-27-25-23-16-14-12-10-8-6-4-2)35-53-56(50,51)55-43-41(48)39(46)38(45)40(47)42(43)49/h36,38-43,45-49H,3-35H2,1-2H3,(H,50,51). The highest BCUT2D eigenvalue weighted by Crippen LogP contribution is 2.47. The minimum atomic E-state index is -5.01. The van der Waals surface area contributed by atoms with E-state index in [1.807, 2.05) is 0 Å². The summed E-state index contributed by atoms with van der Waals surface area (Å²) in [7, 11) is -5.01. The highest BCUT2D eigenvalue weighted by atomic mass is 31.2. The van der Waals surface area contributed by atoms with E-state index in [1.165, 1.54) is 141 Å². The number of aliphatic hydroxyl groups excluding tert-OH is 5. The molecule has 334 valence electrons. The van der Waals surface area contributed by atoms with Crippen molar-refractivity contribution < 1.29 is 58.3 Å². The number of hydrogen-bond donors (Lipinski definition) is 6. The zero-order valence-electron chi connectivity index (χ0n) is 35.5. The zero-order valence-corrected chi connectivity index (χ0v) is 36.4. The fourth-order valence-corrected chi connectivity index (χ4v) is 8.27. The Bertz CT molecular complexity index is 942. The van der Waals surface area contributed by atoms with Crippen LogP contribution in [0.5, 0.6) is 0 Å². The fourth-order valence-electron chi connectivity index (χ4n) is 7.30. The van der Waals surface area contributed by atoms with Crippen LogP contribution in [0.15, 0.2) is 0 Å². The van der Waals surface area contributed by atoms with Gasteiger partial charge < -0.3 is 39.9 Å². The van der Waals surface area contributed by atoms with Crippen LogP contribution in [0.3, 0.4) is 0 Å². The van der Waals surface area contributed by atoms with Gasteiger partial charge in [-0.25, -0.2) is 4.57 Å². The van der Waals surface area contributed by atoms with Gasteiger partial charge in [-0.1, -0.05) is 187 Å². The molecule has 0 saturated heterocycles. The van der Waals surface area contributed by atoms with Gasteiger partial charge in [0.2, 0.25) is 0 Å². The van der Waals surface area contributed by atoms with Crippen molar-refractivity contribution in [3.05, 3.63) is 0 Å². The minimum Gasteiger partial charge on any atom is -0.457 e. The third kappa shape index (κ3) is 27.2. The number of esters is 1. The van der Waals surface area contributed by atoms with Gasteiger partial charge in [0.1, 0.15) is 42.7 Å². The third-order valence-corrected chi connectivity index (χ3v) is 12.0. The molecule has 0 aromatic heterocycles. The second-order valence-electron chi connectivity index (χ2n) is 16.3. The zero-order chi connectivity index (χ0) is 41.3. The van der Waals surface area contributed by atoms with Crippen LogP contribution in [0.25, 0.3) is 0 Å². The number of phosphoric acid groups is 1. The van der Waals surface area contributed by atoms with Crippen molar-refractivity contribution in [2.24, 2.45) is 0 Å². The highest BCUT2D eigenvalue weighted by Gasteiger charge is 2.51. The molecule has 0 aliphatic heterocycles. The first-order chi connectivity index (χ1) is 27.0. The molecule has 56 heavy (non-hydrogen) atoms. The van der Waals surface area contributed by atoms with Crippen LogP contribution in [-0.2, 0) is 27.9 Å². The van der Waals surface area contributed by atoms with E-state index in [1.54, 1.807) is 0 Å².